The van der Waals surface area contributed by atoms with Gasteiger partial charge in [0.15, 0.2) is 0 Å². The summed E-state index contributed by atoms with van der Waals surface area (Å²) in [5.74, 6) is -0.0860. The molecule has 1 amide bonds. The van der Waals surface area contributed by atoms with Crippen LogP contribution in [0.25, 0.3) is 10.8 Å². The van der Waals surface area contributed by atoms with Crippen LogP contribution in [-0.2, 0) is 0 Å². The molecule has 0 saturated heterocycles. The molecule has 94 valence electrons. The average molecular weight is 332 g/mol. The van der Waals surface area contributed by atoms with E-state index in [0.29, 0.717) is 4.88 Å². The Hall–Kier alpha value is -1.65. The molecule has 0 saturated carbocycles. The summed E-state index contributed by atoms with van der Waals surface area (Å²) in [6.07, 6.45) is 0. The summed E-state index contributed by atoms with van der Waals surface area (Å²) in [6, 6.07) is 15.9. The number of nitrogens with one attached hydrogen (secondary N) is 1. The van der Waals surface area contributed by atoms with E-state index in [1.165, 1.54) is 11.3 Å². The lowest BCUT2D eigenvalue weighted by molar-refractivity contribution is 0.103. The van der Waals surface area contributed by atoms with Crippen LogP contribution in [0, 0.1) is 0 Å². The van der Waals surface area contributed by atoms with Crippen molar-refractivity contribution in [3.8, 4) is 0 Å². The van der Waals surface area contributed by atoms with Crippen LogP contribution in [0.1, 0.15) is 9.67 Å². The molecule has 0 aliphatic heterocycles. The molecule has 1 heterocycles. The molecule has 1 N–H and O–H groups in total. The van der Waals surface area contributed by atoms with Crippen molar-refractivity contribution < 1.29 is 4.79 Å². The van der Waals surface area contributed by atoms with Gasteiger partial charge in [0.2, 0.25) is 0 Å². The lowest BCUT2D eigenvalue weighted by Crippen LogP contribution is -2.10. The number of benzene rings is 2. The third kappa shape index (κ3) is 2.55. The first kappa shape index (κ1) is 12.4. The minimum Gasteiger partial charge on any atom is -0.321 e. The largest absolute Gasteiger partial charge is 0.321 e. The fourth-order valence-electron chi connectivity index (χ4n) is 1.91. The second-order valence-corrected chi connectivity index (χ2v) is 5.88. The van der Waals surface area contributed by atoms with Crippen LogP contribution >= 0.6 is 27.3 Å². The summed E-state index contributed by atoms with van der Waals surface area (Å²) < 4.78 is 0.829. The maximum absolute atomic E-state index is 12.1. The molecule has 3 rings (SSSR count). The number of anilines is 1. The SMILES string of the molecule is O=C(Nc1ccc2ccccc2c1)c1sccc1Br. The van der Waals surface area contributed by atoms with Gasteiger partial charge in [0.05, 0.1) is 0 Å². The third-order valence-corrected chi connectivity index (χ3v) is 4.67. The fourth-order valence-corrected chi connectivity index (χ4v) is 3.36. The fraction of sp³-hybridized carbons (Fsp3) is 0. The number of hydrogen-bond donors (Lipinski definition) is 1. The minimum atomic E-state index is -0.0860. The highest BCUT2D eigenvalue weighted by atomic mass is 79.9. The zero-order chi connectivity index (χ0) is 13.2. The Morgan fingerprint density at radius 2 is 1.84 bits per heavy atom. The Morgan fingerprint density at radius 1 is 1.05 bits per heavy atom. The molecular weight excluding hydrogens is 322 g/mol. The Labute approximate surface area is 123 Å². The maximum atomic E-state index is 12.1. The summed E-state index contributed by atoms with van der Waals surface area (Å²) in [7, 11) is 0. The second kappa shape index (κ2) is 5.15. The monoisotopic (exact) mass is 331 g/mol. The van der Waals surface area contributed by atoms with Crippen molar-refractivity contribution in [1.82, 2.24) is 0 Å². The molecule has 4 heteroatoms. The Morgan fingerprint density at radius 3 is 2.58 bits per heavy atom. The number of fused-ring (bicyclic) bond motifs is 1. The van der Waals surface area contributed by atoms with Gasteiger partial charge in [-0.3, -0.25) is 4.79 Å². The van der Waals surface area contributed by atoms with Crippen molar-refractivity contribution in [2.45, 2.75) is 0 Å². The zero-order valence-corrected chi connectivity index (χ0v) is 12.3. The molecule has 1 aromatic heterocycles. The van der Waals surface area contributed by atoms with Gasteiger partial charge < -0.3 is 5.32 Å². The number of carbonyl (C=O) groups excluding carboxylic acids is 1. The molecule has 0 fully saturated rings. The van der Waals surface area contributed by atoms with Crippen molar-refractivity contribution in [3.63, 3.8) is 0 Å². The summed E-state index contributed by atoms with van der Waals surface area (Å²) in [4.78, 5) is 12.8. The number of carbonyl (C=O) groups is 1. The van der Waals surface area contributed by atoms with Gasteiger partial charge in [0, 0.05) is 10.2 Å². The number of thiophene rings is 1. The first-order chi connectivity index (χ1) is 9.24. The smallest absolute Gasteiger partial charge is 0.266 e. The number of hydrogen-bond acceptors (Lipinski definition) is 2. The predicted molar refractivity (Wildman–Crippen MR) is 83.9 cm³/mol. The van der Waals surface area contributed by atoms with Crippen LogP contribution in [0.3, 0.4) is 0 Å². The lowest BCUT2D eigenvalue weighted by Gasteiger charge is -2.05. The van der Waals surface area contributed by atoms with E-state index in [1.807, 2.05) is 47.8 Å². The first-order valence-corrected chi connectivity index (χ1v) is 7.44. The zero-order valence-electron chi connectivity index (χ0n) is 9.89. The first-order valence-electron chi connectivity index (χ1n) is 5.77. The van der Waals surface area contributed by atoms with E-state index in [-0.39, 0.29) is 5.91 Å². The van der Waals surface area contributed by atoms with Crippen molar-refractivity contribution in [1.29, 1.82) is 0 Å². The van der Waals surface area contributed by atoms with E-state index in [9.17, 15) is 4.79 Å². The molecule has 0 bridgehead atoms. The van der Waals surface area contributed by atoms with E-state index in [2.05, 4.69) is 27.3 Å². The molecule has 0 aliphatic carbocycles. The van der Waals surface area contributed by atoms with Gasteiger partial charge in [-0.15, -0.1) is 11.3 Å². The van der Waals surface area contributed by atoms with Crippen molar-refractivity contribution in [2.75, 3.05) is 5.32 Å². The summed E-state index contributed by atoms with van der Waals surface area (Å²) in [5, 5.41) is 7.09. The van der Waals surface area contributed by atoms with Gasteiger partial charge in [-0.05, 0) is 50.3 Å². The molecule has 0 atom stereocenters. The number of halogens is 1. The van der Waals surface area contributed by atoms with Gasteiger partial charge >= 0.3 is 0 Å². The Kier molecular flexibility index (Phi) is 3.36. The Bertz CT molecular complexity index is 750. The van der Waals surface area contributed by atoms with E-state index in [0.717, 1.165) is 20.9 Å². The van der Waals surface area contributed by atoms with E-state index >= 15 is 0 Å². The van der Waals surface area contributed by atoms with Crippen molar-refractivity contribution in [3.05, 3.63) is 63.3 Å². The van der Waals surface area contributed by atoms with Crippen LogP contribution in [0.15, 0.2) is 58.4 Å². The van der Waals surface area contributed by atoms with E-state index in [1.54, 1.807) is 0 Å². The van der Waals surface area contributed by atoms with Crippen molar-refractivity contribution in [2.24, 2.45) is 0 Å². The summed E-state index contributed by atoms with van der Waals surface area (Å²) >= 11 is 4.79. The van der Waals surface area contributed by atoms with Gasteiger partial charge in [-0.25, -0.2) is 0 Å². The standard InChI is InChI=1S/C15H10BrNOS/c16-13-7-8-19-14(13)15(18)17-12-6-5-10-3-1-2-4-11(10)9-12/h1-9H,(H,17,18). The highest BCUT2D eigenvalue weighted by Crippen LogP contribution is 2.25. The normalized spacial score (nSPS) is 10.6. The summed E-state index contributed by atoms with van der Waals surface area (Å²) in [5.41, 5.74) is 0.809. The maximum Gasteiger partial charge on any atom is 0.266 e. The minimum absolute atomic E-state index is 0.0860. The lowest BCUT2D eigenvalue weighted by atomic mass is 10.1. The molecular formula is C15H10BrNOS. The molecule has 3 aromatic rings. The molecule has 0 spiro atoms. The predicted octanol–water partition coefficient (Wildman–Crippen LogP) is 4.92. The van der Waals surface area contributed by atoms with Gasteiger partial charge in [0.25, 0.3) is 5.91 Å². The molecule has 0 unspecified atom stereocenters. The topological polar surface area (TPSA) is 29.1 Å². The summed E-state index contributed by atoms with van der Waals surface area (Å²) in [6.45, 7) is 0. The molecule has 2 nitrogen and oxygen atoms in total. The van der Waals surface area contributed by atoms with Gasteiger partial charge in [-0.1, -0.05) is 30.3 Å². The van der Waals surface area contributed by atoms with Crippen LogP contribution in [0.5, 0.6) is 0 Å². The quantitative estimate of drug-likeness (QED) is 0.709. The van der Waals surface area contributed by atoms with Crippen LogP contribution < -0.4 is 5.32 Å². The van der Waals surface area contributed by atoms with Crippen LogP contribution in [0.4, 0.5) is 5.69 Å². The van der Waals surface area contributed by atoms with E-state index < -0.39 is 0 Å². The van der Waals surface area contributed by atoms with Gasteiger partial charge in [0.1, 0.15) is 4.88 Å². The van der Waals surface area contributed by atoms with Crippen LogP contribution in [0.2, 0.25) is 0 Å². The molecule has 2 aromatic carbocycles. The average Bonchev–Trinajstić information content (AvgIpc) is 2.85. The number of rotatable bonds is 2. The van der Waals surface area contributed by atoms with Crippen molar-refractivity contribution >= 4 is 49.6 Å². The second-order valence-electron chi connectivity index (χ2n) is 4.11. The number of amides is 1. The highest BCUT2D eigenvalue weighted by Gasteiger charge is 2.11. The van der Waals surface area contributed by atoms with E-state index in [4.69, 9.17) is 0 Å². The van der Waals surface area contributed by atoms with Gasteiger partial charge in [-0.2, -0.15) is 0 Å². The Balaban J connectivity index is 1.89. The molecule has 0 aliphatic rings. The molecule has 0 radical (unpaired) electrons. The highest BCUT2D eigenvalue weighted by molar-refractivity contribution is 9.10. The molecule has 19 heavy (non-hydrogen) atoms. The van der Waals surface area contributed by atoms with Crippen LogP contribution in [-0.4, -0.2) is 5.91 Å². The third-order valence-electron chi connectivity index (χ3n) is 2.83.